The number of aryl methyl sites for hydroxylation is 1. The van der Waals surface area contributed by atoms with E-state index in [1.807, 2.05) is 12.1 Å². The van der Waals surface area contributed by atoms with Gasteiger partial charge in [0.2, 0.25) is 0 Å². The number of hydrogen-bond acceptors (Lipinski definition) is 1. The van der Waals surface area contributed by atoms with Crippen LogP contribution in [0.1, 0.15) is 18.1 Å². The Morgan fingerprint density at radius 2 is 1.11 bits per heavy atom. The van der Waals surface area contributed by atoms with Crippen molar-refractivity contribution >= 4 is 21.5 Å². The molecule has 1 N–H and O–H groups in total. The first-order valence-corrected chi connectivity index (χ1v) is 6.39. The van der Waals surface area contributed by atoms with Crippen LogP contribution in [0.25, 0.3) is 21.5 Å². The van der Waals surface area contributed by atoms with Crippen molar-refractivity contribution in [3.8, 4) is 0 Å². The second kappa shape index (κ2) is 4.43. The van der Waals surface area contributed by atoms with E-state index in [4.69, 9.17) is 0 Å². The topological polar surface area (TPSA) is 20.2 Å². The first-order chi connectivity index (χ1) is 8.86. The van der Waals surface area contributed by atoms with Crippen LogP contribution in [0.15, 0.2) is 48.5 Å². The van der Waals surface area contributed by atoms with Gasteiger partial charge in [-0.05, 0) is 39.1 Å². The molecule has 0 aliphatic heterocycles. The highest BCUT2D eigenvalue weighted by molar-refractivity contribution is 6.05. The lowest BCUT2D eigenvalue weighted by atomic mass is 9.91. The number of hydrogen-bond donors (Lipinski definition) is 1. The minimum Gasteiger partial charge on any atom is -0.392 e. The molecule has 3 aromatic carbocycles. The summed E-state index contributed by atoms with van der Waals surface area (Å²) in [6, 6.07) is 16.7. The van der Waals surface area contributed by atoms with E-state index in [1.54, 1.807) is 0 Å². The van der Waals surface area contributed by atoms with E-state index in [-0.39, 0.29) is 6.61 Å². The highest BCUT2D eigenvalue weighted by Gasteiger charge is 2.11. The molecule has 3 aromatic rings. The molecule has 0 aliphatic carbocycles. The summed E-state index contributed by atoms with van der Waals surface area (Å²) in [7, 11) is 0. The zero-order valence-corrected chi connectivity index (χ0v) is 10.5. The number of rotatable bonds is 2. The van der Waals surface area contributed by atoms with Gasteiger partial charge in [0.1, 0.15) is 0 Å². The van der Waals surface area contributed by atoms with Gasteiger partial charge in [-0.3, -0.25) is 0 Å². The summed E-state index contributed by atoms with van der Waals surface area (Å²) in [6.07, 6.45) is 1.01. The molecular weight excluding hydrogens is 220 g/mol. The van der Waals surface area contributed by atoms with E-state index >= 15 is 0 Å². The number of benzene rings is 3. The van der Waals surface area contributed by atoms with E-state index in [9.17, 15) is 5.11 Å². The summed E-state index contributed by atoms with van der Waals surface area (Å²) in [5.74, 6) is 0. The molecule has 0 saturated carbocycles. The van der Waals surface area contributed by atoms with Crippen molar-refractivity contribution in [3.05, 3.63) is 59.7 Å². The number of aliphatic hydroxyl groups is 1. The van der Waals surface area contributed by atoms with Crippen molar-refractivity contribution in [2.45, 2.75) is 20.0 Å². The predicted octanol–water partition coefficient (Wildman–Crippen LogP) is 4.05. The normalized spacial score (nSPS) is 11.2. The Hall–Kier alpha value is -1.86. The average Bonchev–Trinajstić information content (AvgIpc) is 2.44. The van der Waals surface area contributed by atoms with Crippen molar-refractivity contribution in [1.82, 2.24) is 0 Å². The van der Waals surface area contributed by atoms with Gasteiger partial charge in [-0.1, -0.05) is 55.5 Å². The van der Waals surface area contributed by atoms with Gasteiger partial charge in [0.25, 0.3) is 0 Å². The van der Waals surface area contributed by atoms with Crippen molar-refractivity contribution in [2.24, 2.45) is 0 Å². The summed E-state index contributed by atoms with van der Waals surface area (Å²) < 4.78 is 0. The molecule has 0 saturated heterocycles. The Balaban J connectivity index is 2.61. The van der Waals surface area contributed by atoms with Gasteiger partial charge in [0.15, 0.2) is 0 Å². The van der Waals surface area contributed by atoms with Crippen LogP contribution in [-0.4, -0.2) is 5.11 Å². The highest BCUT2D eigenvalue weighted by Crippen LogP contribution is 2.33. The lowest BCUT2D eigenvalue weighted by molar-refractivity contribution is 0.285. The molecule has 18 heavy (non-hydrogen) atoms. The summed E-state index contributed by atoms with van der Waals surface area (Å²) in [6.45, 7) is 2.28. The fraction of sp³-hybridized carbons (Fsp3) is 0.176. The van der Waals surface area contributed by atoms with Gasteiger partial charge in [-0.2, -0.15) is 0 Å². The molecule has 0 bridgehead atoms. The first kappa shape index (κ1) is 11.2. The fourth-order valence-corrected chi connectivity index (χ4v) is 2.86. The lowest BCUT2D eigenvalue weighted by Crippen LogP contribution is -1.94. The third kappa shape index (κ3) is 1.52. The first-order valence-electron chi connectivity index (χ1n) is 6.39. The Kier molecular flexibility index (Phi) is 2.77. The van der Waals surface area contributed by atoms with Crippen molar-refractivity contribution in [2.75, 3.05) is 0 Å². The fourth-order valence-electron chi connectivity index (χ4n) is 2.86. The van der Waals surface area contributed by atoms with Crippen LogP contribution in [0.2, 0.25) is 0 Å². The molecule has 90 valence electrons. The molecule has 0 amide bonds. The molecule has 0 aromatic heterocycles. The molecule has 0 atom stereocenters. The maximum absolute atomic E-state index is 9.70. The zero-order valence-electron chi connectivity index (χ0n) is 10.5. The summed E-state index contributed by atoms with van der Waals surface area (Å²) in [5.41, 5.74) is 2.41. The van der Waals surface area contributed by atoms with Crippen molar-refractivity contribution < 1.29 is 5.11 Å². The van der Waals surface area contributed by atoms with Gasteiger partial charge in [0.05, 0.1) is 6.61 Å². The van der Waals surface area contributed by atoms with Gasteiger partial charge < -0.3 is 5.11 Å². The van der Waals surface area contributed by atoms with Crippen LogP contribution in [0.4, 0.5) is 0 Å². The summed E-state index contributed by atoms with van der Waals surface area (Å²) >= 11 is 0. The molecule has 0 radical (unpaired) electrons. The van der Waals surface area contributed by atoms with E-state index in [0.29, 0.717) is 0 Å². The van der Waals surface area contributed by atoms with E-state index < -0.39 is 0 Å². The smallest absolute Gasteiger partial charge is 0.0693 e. The largest absolute Gasteiger partial charge is 0.392 e. The van der Waals surface area contributed by atoms with Crippen LogP contribution in [-0.2, 0) is 13.0 Å². The maximum atomic E-state index is 9.70. The minimum absolute atomic E-state index is 0.0883. The van der Waals surface area contributed by atoms with Gasteiger partial charge in [-0.25, -0.2) is 0 Å². The maximum Gasteiger partial charge on any atom is 0.0693 e. The van der Waals surface area contributed by atoms with Crippen LogP contribution < -0.4 is 0 Å². The average molecular weight is 236 g/mol. The second-order valence-electron chi connectivity index (χ2n) is 4.56. The second-order valence-corrected chi connectivity index (χ2v) is 4.56. The molecule has 0 heterocycles. The van der Waals surface area contributed by atoms with Gasteiger partial charge in [-0.15, -0.1) is 0 Å². The SMILES string of the molecule is CCc1c2ccccc2c(CO)c2ccccc12. The molecule has 0 fully saturated rings. The molecule has 0 unspecified atom stereocenters. The third-order valence-electron chi connectivity index (χ3n) is 3.67. The van der Waals surface area contributed by atoms with E-state index in [2.05, 4.69) is 43.3 Å². The van der Waals surface area contributed by atoms with Crippen LogP contribution in [0.5, 0.6) is 0 Å². The van der Waals surface area contributed by atoms with Gasteiger partial charge >= 0.3 is 0 Å². The number of fused-ring (bicyclic) bond motifs is 2. The van der Waals surface area contributed by atoms with Crippen LogP contribution in [0.3, 0.4) is 0 Å². The van der Waals surface area contributed by atoms with E-state index in [1.165, 1.54) is 27.1 Å². The van der Waals surface area contributed by atoms with Gasteiger partial charge in [0, 0.05) is 0 Å². The third-order valence-corrected chi connectivity index (χ3v) is 3.67. The predicted molar refractivity (Wildman–Crippen MR) is 76.8 cm³/mol. The monoisotopic (exact) mass is 236 g/mol. The standard InChI is InChI=1S/C17H16O/c1-2-12-13-7-3-5-9-15(13)17(11-18)16-10-6-4-8-14(12)16/h3-10,18H,2,11H2,1H3. The Labute approximate surface area is 107 Å². The van der Waals surface area contributed by atoms with Crippen molar-refractivity contribution in [1.29, 1.82) is 0 Å². The molecular formula is C17H16O. The molecule has 1 nitrogen and oxygen atoms in total. The minimum atomic E-state index is 0.0883. The summed E-state index contributed by atoms with van der Waals surface area (Å²) in [4.78, 5) is 0. The van der Waals surface area contributed by atoms with Crippen molar-refractivity contribution in [3.63, 3.8) is 0 Å². The van der Waals surface area contributed by atoms with E-state index in [0.717, 1.165) is 12.0 Å². The van der Waals surface area contributed by atoms with Crippen LogP contribution in [0, 0.1) is 0 Å². The summed E-state index contributed by atoms with van der Waals surface area (Å²) in [5, 5.41) is 14.6. The Morgan fingerprint density at radius 3 is 1.44 bits per heavy atom. The molecule has 0 spiro atoms. The molecule has 3 rings (SSSR count). The highest BCUT2D eigenvalue weighted by atomic mass is 16.3. The Morgan fingerprint density at radius 1 is 0.722 bits per heavy atom. The quantitative estimate of drug-likeness (QED) is 0.665. The lowest BCUT2D eigenvalue weighted by Gasteiger charge is -2.14. The molecule has 1 heteroatoms. The Bertz CT molecular complexity index is 594. The van der Waals surface area contributed by atoms with Crippen LogP contribution >= 0.6 is 0 Å². The number of aliphatic hydroxyl groups excluding tert-OH is 1. The molecule has 0 aliphatic rings. The zero-order chi connectivity index (χ0) is 12.5.